The van der Waals surface area contributed by atoms with Gasteiger partial charge in [-0.3, -0.25) is 4.79 Å². The highest BCUT2D eigenvalue weighted by Crippen LogP contribution is 2.39. The summed E-state index contributed by atoms with van der Waals surface area (Å²) in [7, 11) is 0. The number of amides is 1. The largest absolute Gasteiger partial charge is 0.331 e. The second-order valence-corrected chi connectivity index (χ2v) is 7.63. The van der Waals surface area contributed by atoms with Gasteiger partial charge in [-0.15, -0.1) is 5.10 Å². The molecule has 0 N–H and O–H groups in total. The van der Waals surface area contributed by atoms with Crippen molar-refractivity contribution in [2.24, 2.45) is 5.92 Å². The van der Waals surface area contributed by atoms with Crippen LogP contribution in [0, 0.1) is 18.8 Å². The third-order valence-corrected chi connectivity index (χ3v) is 5.87. The minimum atomic E-state index is -0.591. The van der Waals surface area contributed by atoms with E-state index in [9.17, 15) is 9.18 Å². The highest BCUT2D eigenvalue weighted by molar-refractivity contribution is 5.99. The summed E-state index contributed by atoms with van der Waals surface area (Å²) in [6.07, 6.45) is 3.82. The number of pyridine rings is 1. The van der Waals surface area contributed by atoms with E-state index in [1.807, 2.05) is 30.0 Å². The van der Waals surface area contributed by atoms with Gasteiger partial charge in [0.2, 0.25) is 5.95 Å². The van der Waals surface area contributed by atoms with Crippen molar-refractivity contribution < 1.29 is 9.18 Å². The number of halogens is 1. The third-order valence-electron chi connectivity index (χ3n) is 5.87. The van der Waals surface area contributed by atoms with Crippen molar-refractivity contribution in [1.29, 1.82) is 0 Å². The second kappa shape index (κ2) is 6.22. The molecule has 6 nitrogen and oxygen atoms in total. The van der Waals surface area contributed by atoms with Crippen LogP contribution in [0.25, 0.3) is 16.9 Å². The van der Waals surface area contributed by atoms with Crippen molar-refractivity contribution in [2.75, 3.05) is 0 Å². The van der Waals surface area contributed by atoms with E-state index in [1.165, 1.54) is 23.7 Å². The lowest BCUT2D eigenvalue weighted by atomic mass is 10.0. The molecular formula is C21H20FN5O. The molecule has 2 aliphatic rings. The van der Waals surface area contributed by atoms with Crippen LogP contribution >= 0.6 is 0 Å². The molecule has 0 bridgehead atoms. The van der Waals surface area contributed by atoms with Crippen LogP contribution in [0.3, 0.4) is 0 Å². The van der Waals surface area contributed by atoms with E-state index < -0.39 is 5.95 Å². The standard InChI is InChI=1S/C21H20FN5O/c1-12(14-5-6-14)26-11-16-10-15(7-8-17(16)21(26)28)19-13(2)27(25-24-19)18-4-3-9-23-20(18)22/h3-4,7-10,12,14H,5-6,11H2,1-2H3. The zero-order chi connectivity index (χ0) is 19.4. The molecule has 1 atom stereocenters. The van der Waals surface area contributed by atoms with Crippen LogP contribution in [0.15, 0.2) is 36.5 Å². The topological polar surface area (TPSA) is 63.9 Å². The Morgan fingerprint density at radius 2 is 2.07 bits per heavy atom. The Hall–Kier alpha value is -3.09. The van der Waals surface area contributed by atoms with Gasteiger partial charge in [0.25, 0.3) is 5.91 Å². The van der Waals surface area contributed by atoms with Crippen molar-refractivity contribution >= 4 is 5.91 Å². The molecule has 5 rings (SSSR count). The lowest BCUT2D eigenvalue weighted by Gasteiger charge is -2.23. The molecule has 7 heteroatoms. The quantitative estimate of drug-likeness (QED) is 0.653. The van der Waals surface area contributed by atoms with E-state index in [-0.39, 0.29) is 17.6 Å². The maximum Gasteiger partial charge on any atom is 0.254 e. The summed E-state index contributed by atoms with van der Waals surface area (Å²) in [5.41, 5.74) is 4.31. The summed E-state index contributed by atoms with van der Waals surface area (Å²) in [6, 6.07) is 9.33. The normalized spacial score (nSPS) is 17.1. The molecule has 0 saturated heterocycles. The van der Waals surface area contributed by atoms with Gasteiger partial charge in [-0.05, 0) is 62.4 Å². The van der Waals surface area contributed by atoms with Gasteiger partial charge in [-0.1, -0.05) is 11.3 Å². The third kappa shape index (κ3) is 2.61. The predicted octanol–water partition coefficient (Wildman–Crippen LogP) is 3.53. The highest BCUT2D eigenvalue weighted by atomic mass is 19.1. The Morgan fingerprint density at radius 1 is 1.25 bits per heavy atom. The fourth-order valence-electron chi connectivity index (χ4n) is 4.01. The van der Waals surface area contributed by atoms with Crippen LogP contribution < -0.4 is 0 Å². The van der Waals surface area contributed by atoms with Crippen LogP contribution in [0.5, 0.6) is 0 Å². The van der Waals surface area contributed by atoms with Crippen molar-refractivity contribution in [3.05, 3.63) is 59.3 Å². The van der Waals surface area contributed by atoms with E-state index in [0.717, 1.165) is 22.4 Å². The molecule has 28 heavy (non-hydrogen) atoms. The molecule has 0 spiro atoms. The lowest BCUT2D eigenvalue weighted by molar-refractivity contribution is 0.0697. The Bertz CT molecular complexity index is 1090. The fourth-order valence-corrected chi connectivity index (χ4v) is 4.01. The molecule has 142 valence electrons. The zero-order valence-corrected chi connectivity index (χ0v) is 15.8. The van der Waals surface area contributed by atoms with E-state index in [2.05, 4.69) is 22.2 Å². The van der Waals surface area contributed by atoms with Gasteiger partial charge in [0, 0.05) is 29.9 Å². The summed E-state index contributed by atoms with van der Waals surface area (Å²) < 4.78 is 15.5. The summed E-state index contributed by atoms with van der Waals surface area (Å²) in [5.74, 6) is 0.152. The Kier molecular flexibility index (Phi) is 3.79. The molecule has 1 unspecified atom stereocenters. The number of carbonyl (C=O) groups is 1. The number of benzene rings is 1. The lowest BCUT2D eigenvalue weighted by Crippen LogP contribution is -2.34. The summed E-state index contributed by atoms with van der Waals surface area (Å²) in [6.45, 7) is 4.62. The molecule has 1 saturated carbocycles. The molecule has 1 aromatic carbocycles. The highest BCUT2D eigenvalue weighted by Gasteiger charge is 2.38. The molecule has 0 radical (unpaired) electrons. The Labute approximate surface area is 162 Å². The van der Waals surface area contributed by atoms with Gasteiger partial charge >= 0.3 is 0 Å². The summed E-state index contributed by atoms with van der Waals surface area (Å²) >= 11 is 0. The van der Waals surface area contributed by atoms with Gasteiger partial charge in [-0.25, -0.2) is 9.67 Å². The molecule has 2 aromatic heterocycles. The minimum Gasteiger partial charge on any atom is -0.331 e. The van der Waals surface area contributed by atoms with Crippen LogP contribution in [0.2, 0.25) is 0 Å². The number of hydrogen-bond acceptors (Lipinski definition) is 4. The van der Waals surface area contributed by atoms with E-state index in [1.54, 1.807) is 12.1 Å². The van der Waals surface area contributed by atoms with E-state index >= 15 is 0 Å². The number of hydrogen-bond donors (Lipinski definition) is 0. The van der Waals surface area contributed by atoms with Crippen LogP contribution in [0.4, 0.5) is 4.39 Å². The molecule has 1 fully saturated rings. The first-order valence-electron chi connectivity index (χ1n) is 9.52. The predicted molar refractivity (Wildman–Crippen MR) is 101 cm³/mol. The van der Waals surface area contributed by atoms with Gasteiger partial charge in [0.05, 0.1) is 5.69 Å². The number of carbonyl (C=O) groups excluding carboxylic acids is 1. The fraction of sp³-hybridized carbons (Fsp3) is 0.333. The van der Waals surface area contributed by atoms with Crippen LogP contribution in [-0.4, -0.2) is 36.8 Å². The summed E-state index contributed by atoms with van der Waals surface area (Å²) in [5, 5.41) is 8.38. The molecule has 1 amide bonds. The molecule has 1 aliphatic carbocycles. The first-order chi connectivity index (χ1) is 13.5. The number of rotatable bonds is 4. The average Bonchev–Trinajstić information content (AvgIpc) is 3.41. The molecule has 3 heterocycles. The van der Waals surface area contributed by atoms with Gasteiger partial charge < -0.3 is 4.90 Å². The van der Waals surface area contributed by atoms with Crippen molar-refractivity contribution in [1.82, 2.24) is 24.9 Å². The van der Waals surface area contributed by atoms with Crippen molar-refractivity contribution in [3.8, 4) is 16.9 Å². The molecule has 3 aromatic rings. The average molecular weight is 377 g/mol. The van der Waals surface area contributed by atoms with Crippen LogP contribution in [0.1, 0.15) is 41.4 Å². The smallest absolute Gasteiger partial charge is 0.254 e. The van der Waals surface area contributed by atoms with Crippen molar-refractivity contribution in [2.45, 2.75) is 39.3 Å². The Balaban J connectivity index is 1.49. The molecule has 1 aliphatic heterocycles. The second-order valence-electron chi connectivity index (χ2n) is 7.63. The van der Waals surface area contributed by atoms with Crippen molar-refractivity contribution in [3.63, 3.8) is 0 Å². The monoisotopic (exact) mass is 377 g/mol. The first-order valence-corrected chi connectivity index (χ1v) is 9.52. The van der Waals surface area contributed by atoms with Crippen LogP contribution in [-0.2, 0) is 6.54 Å². The van der Waals surface area contributed by atoms with Gasteiger partial charge in [-0.2, -0.15) is 4.39 Å². The Morgan fingerprint density at radius 3 is 2.82 bits per heavy atom. The SMILES string of the molecule is Cc1c(-c2ccc3c(c2)CN(C(C)C2CC2)C3=O)nnn1-c1cccnc1F. The number of nitrogens with zero attached hydrogens (tertiary/aromatic N) is 5. The maximum atomic E-state index is 14.0. The number of aromatic nitrogens is 4. The number of fused-ring (bicyclic) bond motifs is 1. The summed E-state index contributed by atoms with van der Waals surface area (Å²) in [4.78, 5) is 18.4. The minimum absolute atomic E-state index is 0.110. The maximum absolute atomic E-state index is 14.0. The zero-order valence-electron chi connectivity index (χ0n) is 15.8. The van der Waals surface area contributed by atoms with E-state index in [0.29, 0.717) is 18.2 Å². The van der Waals surface area contributed by atoms with Gasteiger partial charge in [0.1, 0.15) is 11.4 Å². The first kappa shape index (κ1) is 17.0. The van der Waals surface area contributed by atoms with Gasteiger partial charge in [0.15, 0.2) is 0 Å². The van der Waals surface area contributed by atoms with E-state index in [4.69, 9.17) is 0 Å². The molecular weight excluding hydrogens is 357 g/mol.